The van der Waals surface area contributed by atoms with E-state index < -0.39 is 0 Å². The van der Waals surface area contributed by atoms with Crippen molar-refractivity contribution in [3.05, 3.63) is 90.0 Å². The molecule has 1 amide bonds. The second kappa shape index (κ2) is 10.9. The largest absolute Gasteiger partial charge is 0.497 e. The van der Waals surface area contributed by atoms with Crippen LogP contribution in [0.2, 0.25) is 0 Å². The van der Waals surface area contributed by atoms with Crippen LogP contribution in [0.15, 0.2) is 78.9 Å². The molecule has 0 spiro atoms. The van der Waals surface area contributed by atoms with Crippen molar-refractivity contribution in [3.8, 4) is 5.75 Å². The summed E-state index contributed by atoms with van der Waals surface area (Å²) in [6.07, 6.45) is 0. The number of methoxy groups -OCH3 is 1. The first-order chi connectivity index (χ1) is 16.1. The number of amides is 1. The SMILES string of the molecule is COc1cccc(C(=O)NC(=S)Nc2ccc(N3CCN(Cc4ccccc4)CC3)cc2)c1. The predicted molar refractivity (Wildman–Crippen MR) is 137 cm³/mol. The van der Waals surface area contributed by atoms with E-state index in [0.29, 0.717) is 11.3 Å². The number of nitrogens with one attached hydrogen (secondary N) is 2. The van der Waals surface area contributed by atoms with Crippen LogP contribution in [0.3, 0.4) is 0 Å². The van der Waals surface area contributed by atoms with Gasteiger partial charge < -0.3 is 15.0 Å². The Bertz CT molecular complexity index is 1080. The standard InChI is InChI=1S/C26H28N4O2S/c1-32-24-9-5-8-21(18-24)25(31)28-26(33)27-22-10-12-23(13-11-22)30-16-14-29(15-17-30)19-20-6-3-2-4-7-20/h2-13,18H,14-17,19H2,1H3,(H2,27,28,31,33). The van der Waals surface area contributed by atoms with Crippen LogP contribution in [0.4, 0.5) is 11.4 Å². The zero-order valence-electron chi connectivity index (χ0n) is 18.7. The van der Waals surface area contributed by atoms with Crippen molar-refractivity contribution >= 4 is 34.6 Å². The van der Waals surface area contributed by atoms with Crippen LogP contribution in [-0.2, 0) is 6.54 Å². The van der Waals surface area contributed by atoms with Crippen molar-refractivity contribution in [1.29, 1.82) is 0 Å². The molecule has 0 atom stereocenters. The van der Waals surface area contributed by atoms with E-state index in [4.69, 9.17) is 17.0 Å². The molecule has 1 aliphatic heterocycles. The summed E-state index contributed by atoms with van der Waals surface area (Å²) < 4.78 is 5.16. The first-order valence-electron chi connectivity index (χ1n) is 11.0. The molecule has 2 N–H and O–H groups in total. The topological polar surface area (TPSA) is 56.8 Å². The highest BCUT2D eigenvalue weighted by Crippen LogP contribution is 2.20. The fourth-order valence-corrected chi connectivity index (χ4v) is 4.07. The highest BCUT2D eigenvalue weighted by atomic mass is 32.1. The number of hydrogen-bond donors (Lipinski definition) is 2. The molecule has 0 saturated carbocycles. The van der Waals surface area contributed by atoms with Crippen LogP contribution in [0.5, 0.6) is 5.75 Å². The van der Waals surface area contributed by atoms with Gasteiger partial charge in [0.15, 0.2) is 5.11 Å². The second-order valence-electron chi connectivity index (χ2n) is 7.94. The van der Waals surface area contributed by atoms with E-state index in [1.807, 2.05) is 12.1 Å². The molecular weight excluding hydrogens is 432 g/mol. The Morgan fingerprint density at radius 1 is 0.939 bits per heavy atom. The zero-order chi connectivity index (χ0) is 23.0. The molecule has 3 aromatic rings. The third kappa shape index (κ3) is 6.31. The van der Waals surface area contributed by atoms with E-state index in [1.165, 1.54) is 11.3 Å². The summed E-state index contributed by atoms with van der Waals surface area (Å²) in [6.45, 7) is 5.06. The molecule has 0 aromatic heterocycles. The molecular formula is C26H28N4O2S. The van der Waals surface area contributed by atoms with Crippen molar-refractivity contribution in [2.75, 3.05) is 43.5 Å². The average molecular weight is 461 g/mol. The van der Waals surface area contributed by atoms with Crippen LogP contribution in [0, 0.1) is 0 Å². The van der Waals surface area contributed by atoms with Gasteiger partial charge in [0.1, 0.15) is 5.75 Å². The number of carbonyl (C=O) groups excluding carboxylic acids is 1. The van der Waals surface area contributed by atoms with Crippen molar-refractivity contribution in [2.45, 2.75) is 6.54 Å². The molecule has 1 heterocycles. The number of hydrogen-bond acceptors (Lipinski definition) is 5. The van der Waals surface area contributed by atoms with Gasteiger partial charge in [0, 0.05) is 49.7 Å². The Labute approximate surface area is 200 Å². The molecule has 0 unspecified atom stereocenters. The van der Waals surface area contributed by atoms with Gasteiger partial charge in [-0.1, -0.05) is 36.4 Å². The van der Waals surface area contributed by atoms with Crippen LogP contribution >= 0.6 is 12.2 Å². The monoisotopic (exact) mass is 460 g/mol. The molecule has 3 aromatic carbocycles. The predicted octanol–water partition coefficient (Wildman–Crippen LogP) is 4.14. The quantitative estimate of drug-likeness (QED) is 0.539. The Morgan fingerprint density at radius 3 is 2.36 bits per heavy atom. The van der Waals surface area contributed by atoms with Gasteiger partial charge in [-0.05, 0) is 60.2 Å². The summed E-state index contributed by atoms with van der Waals surface area (Å²) in [7, 11) is 1.57. The lowest BCUT2D eigenvalue weighted by atomic mass is 10.2. The van der Waals surface area contributed by atoms with E-state index in [0.717, 1.165) is 38.4 Å². The van der Waals surface area contributed by atoms with Crippen molar-refractivity contribution in [1.82, 2.24) is 10.2 Å². The minimum absolute atomic E-state index is 0.255. The van der Waals surface area contributed by atoms with Gasteiger partial charge in [0.05, 0.1) is 7.11 Å². The molecule has 6 nitrogen and oxygen atoms in total. The molecule has 1 saturated heterocycles. The minimum Gasteiger partial charge on any atom is -0.497 e. The van der Waals surface area contributed by atoms with Gasteiger partial charge in [-0.2, -0.15) is 0 Å². The lowest BCUT2D eigenvalue weighted by molar-refractivity contribution is 0.0977. The van der Waals surface area contributed by atoms with Crippen molar-refractivity contribution in [3.63, 3.8) is 0 Å². The number of piperazine rings is 1. The Balaban J connectivity index is 1.26. The molecule has 1 fully saturated rings. The number of anilines is 2. The maximum absolute atomic E-state index is 12.4. The van der Waals surface area contributed by atoms with E-state index >= 15 is 0 Å². The highest BCUT2D eigenvalue weighted by Gasteiger charge is 2.17. The average Bonchev–Trinajstić information content (AvgIpc) is 2.85. The van der Waals surface area contributed by atoms with E-state index in [9.17, 15) is 4.79 Å². The smallest absolute Gasteiger partial charge is 0.257 e. The summed E-state index contributed by atoms with van der Waals surface area (Å²) >= 11 is 5.31. The molecule has 0 radical (unpaired) electrons. The third-order valence-corrected chi connectivity index (χ3v) is 5.87. The molecule has 4 rings (SSSR count). The van der Waals surface area contributed by atoms with Gasteiger partial charge in [-0.3, -0.25) is 15.0 Å². The van der Waals surface area contributed by atoms with E-state index in [2.05, 4.69) is 62.9 Å². The lowest BCUT2D eigenvalue weighted by Crippen LogP contribution is -2.45. The van der Waals surface area contributed by atoms with Gasteiger partial charge in [-0.15, -0.1) is 0 Å². The molecule has 0 aliphatic carbocycles. The maximum Gasteiger partial charge on any atom is 0.257 e. The molecule has 33 heavy (non-hydrogen) atoms. The van der Waals surface area contributed by atoms with Crippen molar-refractivity contribution < 1.29 is 9.53 Å². The number of thiocarbonyl (C=S) groups is 1. The first kappa shape index (κ1) is 22.8. The summed E-state index contributed by atoms with van der Waals surface area (Å²) in [6, 6.07) is 25.7. The number of ether oxygens (including phenoxy) is 1. The van der Waals surface area contributed by atoms with Crippen LogP contribution in [0.25, 0.3) is 0 Å². The summed E-state index contributed by atoms with van der Waals surface area (Å²) in [5, 5.41) is 6.04. The van der Waals surface area contributed by atoms with E-state index in [1.54, 1.807) is 31.4 Å². The number of nitrogens with zero attached hydrogens (tertiary/aromatic N) is 2. The maximum atomic E-state index is 12.4. The summed E-state index contributed by atoms with van der Waals surface area (Å²) in [5.74, 6) is 0.342. The lowest BCUT2D eigenvalue weighted by Gasteiger charge is -2.36. The van der Waals surface area contributed by atoms with Gasteiger partial charge in [0.2, 0.25) is 0 Å². The van der Waals surface area contributed by atoms with Crippen LogP contribution in [0.1, 0.15) is 15.9 Å². The zero-order valence-corrected chi connectivity index (χ0v) is 19.5. The minimum atomic E-state index is -0.281. The Kier molecular flexibility index (Phi) is 7.55. The Hall–Kier alpha value is -3.42. The van der Waals surface area contributed by atoms with Gasteiger partial charge >= 0.3 is 0 Å². The second-order valence-corrected chi connectivity index (χ2v) is 8.34. The van der Waals surface area contributed by atoms with Crippen LogP contribution in [-0.4, -0.2) is 49.2 Å². The summed E-state index contributed by atoms with van der Waals surface area (Å²) in [5.41, 5.74) is 3.86. The normalized spacial score (nSPS) is 13.9. The van der Waals surface area contributed by atoms with E-state index in [-0.39, 0.29) is 11.0 Å². The van der Waals surface area contributed by atoms with Gasteiger partial charge in [0.25, 0.3) is 5.91 Å². The molecule has 1 aliphatic rings. The molecule has 7 heteroatoms. The number of benzene rings is 3. The number of rotatable bonds is 6. The fourth-order valence-electron chi connectivity index (χ4n) is 3.86. The van der Waals surface area contributed by atoms with Gasteiger partial charge in [-0.25, -0.2) is 0 Å². The molecule has 0 bridgehead atoms. The number of carbonyl (C=O) groups is 1. The van der Waals surface area contributed by atoms with Crippen molar-refractivity contribution in [2.24, 2.45) is 0 Å². The fraction of sp³-hybridized carbons (Fsp3) is 0.231. The molecule has 170 valence electrons. The van der Waals surface area contributed by atoms with Crippen LogP contribution < -0.4 is 20.3 Å². The highest BCUT2D eigenvalue weighted by molar-refractivity contribution is 7.80. The Morgan fingerprint density at radius 2 is 1.67 bits per heavy atom. The summed E-state index contributed by atoms with van der Waals surface area (Å²) in [4.78, 5) is 17.3. The first-order valence-corrected chi connectivity index (χ1v) is 11.4. The third-order valence-electron chi connectivity index (χ3n) is 5.67.